The van der Waals surface area contributed by atoms with E-state index in [4.69, 9.17) is 11.6 Å². The zero-order valence-corrected chi connectivity index (χ0v) is 16.7. The Balaban J connectivity index is 1.47. The number of rotatable bonds is 4. The second kappa shape index (κ2) is 8.33. The van der Waals surface area contributed by atoms with Crippen LogP contribution in [0.15, 0.2) is 65.8 Å². The lowest BCUT2D eigenvalue weighted by Crippen LogP contribution is -2.17. The summed E-state index contributed by atoms with van der Waals surface area (Å²) < 4.78 is 0. The lowest BCUT2D eigenvalue weighted by atomic mass is 10.0. The van der Waals surface area contributed by atoms with Gasteiger partial charge in [0.1, 0.15) is 11.5 Å². The van der Waals surface area contributed by atoms with Gasteiger partial charge in [-0.25, -0.2) is 5.43 Å². The van der Waals surface area contributed by atoms with Crippen molar-refractivity contribution in [2.24, 2.45) is 5.10 Å². The van der Waals surface area contributed by atoms with Crippen LogP contribution < -0.4 is 10.7 Å². The predicted molar refractivity (Wildman–Crippen MR) is 119 cm³/mol. The molecule has 7 nitrogen and oxygen atoms in total. The molecule has 8 heteroatoms. The molecule has 0 radical (unpaired) electrons. The van der Waals surface area contributed by atoms with Gasteiger partial charge in [-0.2, -0.15) is 5.10 Å². The molecule has 4 N–H and O–H groups in total. The number of phenolic OH excluding ortho intramolecular Hbond substituents is 2. The summed E-state index contributed by atoms with van der Waals surface area (Å²) in [5, 5.41) is 26.0. The van der Waals surface area contributed by atoms with E-state index < -0.39 is 5.91 Å². The molecule has 0 aromatic heterocycles. The van der Waals surface area contributed by atoms with Crippen molar-refractivity contribution in [3.63, 3.8) is 0 Å². The van der Waals surface area contributed by atoms with Gasteiger partial charge >= 0.3 is 0 Å². The molecule has 1 aliphatic rings. The maximum atomic E-state index is 12.3. The van der Waals surface area contributed by atoms with Crippen molar-refractivity contribution >= 4 is 47.0 Å². The first-order valence-corrected chi connectivity index (χ1v) is 9.56. The van der Waals surface area contributed by atoms with E-state index >= 15 is 0 Å². The molecule has 0 bridgehead atoms. The minimum Gasteiger partial charge on any atom is -0.508 e. The lowest BCUT2D eigenvalue weighted by molar-refractivity contribution is -0.110. The third-order valence-electron chi connectivity index (χ3n) is 4.55. The number of hydrogen-bond acceptors (Lipinski definition) is 5. The number of nitrogens with zero attached hydrogens (tertiary/aromatic N) is 1. The molecule has 0 unspecified atom stereocenters. The second-order valence-electron chi connectivity index (χ2n) is 6.81. The van der Waals surface area contributed by atoms with Crippen LogP contribution in [0.25, 0.3) is 11.6 Å². The van der Waals surface area contributed by atoms with Gasteiger partial charge in [0.2, 0.25) is 0 Å². The molecule has 1 heterocycles. The fourth-order valence-corrected chi connectivity index (χ4v) is 3.30. The van der Waals surface area contributed by atoms with Crippen LogP contribution in [0, 0.1) is 0 Å². The van der Waals surface area contributed by atoms with Crippen molar-refractivity contribution in [2.75, 3.05) is 5.32 Å². The molecule has 0 atom stereocenters. The quantitative estimate of drug-likeness (QED) is 0.283. The first-order valence-electron chi connectivity index (χ1n) is 9.18. The van der Waals surface area contributed by atoms with Crippen molar-refractivity contribution in [1.29, 1.82) is 0 Å². The molecule has 0 saturated carbocycles. The maximum Gasteiger partial charge on any atom is 0.271 e. The Morgan fingerprint density at radius 2 is 1.68 bits per heavy atom. The van der Waals surface area contributed by atoms with E-state index in [1.807, 2.05) is 0 Å². The van der Waals surface area contributed by atoms with Crippen LogP contribution in [0.4, 0.5) is 5.69 Å². The maximum absolute atomic E-state index is 12.3. The molecule has 0 fully saturated rings. The highest BCUT2D eigenvalue weighted by Crippen LogP contribution is 2.34. The smallest absolute Gasteiger partial charge is 0.271 e. The third kappa shape index (κ3) is 4.57. The second-order valence-corrected chi connectivity index (χ2v) is 7.24. The van der Waals surface area contributed by atoms with Crippen LogP contribution in [0.2, 0.25) is 5.02 Å². The zero-order valence-electron chi connectivity index (χ0n) is 16.0. The molecule has 4 rings (SSSR count). The number of hydrazone groups is 1. The Hall–Kier alpha value is -4.10. The minimum atomic E-state index is -0.435. The van der Waals surface area contributed by atoms with Crippen molar-refractivity contribution in [2.45, 2.75) is 0 Å². The molecule has 3 aromatic carbocycles. The predicted octanol–water partition coefficient (Wildman–Crippen LogP) is 4.01. The number of amides is 2. The van der Waals surface area contributed by atoms with E-state index in [9.17, 15) is 19.8 Å². The van der Waals surface area contributed by atoms with Crippen LogP contribution in [0.5, 0.6) is 11.5 Å². The minimum absolute atomic E-state index is 0.113. The van der Waals surface area contributed by atoms with E-state index in [1.165, 1.54) is 24.4 Å². The van der Waals surface area contributed by atoms with Gasteiger partial charge in [-0.3, -0.25) is 9.59 Å². The van der Waals surface area contributed by atoms with Gasteiger partial charge < -0.3 is 15.5 Å². The summed E-state index contributed by atoms with van der Waals surface area (Å²) in [5.41, 5.74) is 5.85. The normalized spacial score (nSPS) is 14.0. The first-order chi connectivity index (χ1) is 14.9. The number of phenols is 2. The SMILES string of the molecule is O=C1Nc2ccc(Cl)cc2/C1=C\c1ccc(C(=O)N/N=C/c2cc(O)cc(O)c2)cc1. The van der Waals surface area contributed by atoms with Crippen molar-refractivity contribution in [3.05, 3.63) is 87.9 Å². The van der Waals surface area contributed by atoms with Gasteiger partial charge in [0.05, 0.1) is 6.21 Å². The lowest BCUT2D eigenvalue weighted by Gasteiger charge is -2.03. The fourth-order valence-electron chi connectivity index (χ4n) is 3.12. The topological polar surface area (TPSA) is 111 Å². The highest BCUT2D eigenvalue weighted by atomic mass is 35.5. The Morgan fingerprint density at radius 3 is 2.39 bits per heavy atom. The van der Waals surface area contributed by atoms with E-state index in [0.717, 1.165) is 11.1 Å². The van der Waals surface area contributed by atoms with Gasteiger partial charge in [0.25, 0.3) is 11.8 Å². The molecule has 1 aliphatic heterocycles. The van der Waals surface area contributed by atoms with Crippen LogP contribution in [-0.2, 0) is 4.79 Å². The number of benzene rings is 3. The molecule has 0 spiro atoms. The van der Waals surface area contributed by atoms with Gasteiger partial charge in [-0.15, -0.1) is 0 Å². The summed E-state index contributed by atoms with van der Waals surface area (Å²) >= 11 is 6.04. The summed E-state index contributed by atoms with van der Waals surface area (Å²) in [4.78, 5) is 24.5. The third-order valence-corrected chi connectivity index (χ3v) is 4.79. The summed E-state index contributed by atoms with van der Waals surface area (Å²) in [5.74, 6) is -0.876. The summed E-state index contributed by atoms with van der Waals surface area (Å²) in [7, 11) is 0. The molecule has 3 aromatic rings. The Labute approximate surface area is 182 Å². The number of aromatic hydroxyl groups is 2. The largest absolute Gasteiger partial charge is 0.508 e. The number of anilines is 1. The summed E-state index contributed by atoms with van der Waals surface area (Å²) in [6.07, 6.45) is 3.03. The van der Waals surface area contributed by atoms with Crippen LogP contribution in [-0.4, -0.2) is 28.2 Å². The van der Waals surface area contributed by atoms with Crippen LogP contribution in [0.3, 0.4) is 0 Å². The Kier molecular flexibility index (Phi) is 5.43. The number of halogens is 1. The highest BCUT2D eigenvalue weighted by Gasteiger charge is 2.24. The van der Waals surface area contributed by atoms with Crippen LogP contribution in [0.1, 0.15) is 27.0 Å². The number of nitrogens with one attached hydrogen (secondary N) is 2. The van der Waals surface area contributed by atoms with E-state index in [1.54, 1.807) is 48.5 Å². The van der Waals surface area contributed by atoms with Gasteiger partial charge in [0, 0.05) is 39.0 Å². The molecule has 31 heavy (non-hydrogen) atoms. The number of carbonyl (C=O) groups excluding carboxylic acids is 2. The van der Waals surface area contributed by atoms with Gasteiger partial charge in [0.15, 0.2) is 0 Å². The van der Waals surface area contributed by atoms with Crippen LogP contribution >= 0.6 is 11.6 Å². The molecular formula is C23H16ClN3O4. The summed E-state index contributed by atoms with van der Waals surface area (Å²) in [6.45, 7) is 0. The monoisotopic (exact) mass is 433 g/mol. The van der Waals surface area contributed by atoms with Crippen molar-refractivity contribution < 1.29 is 19.8 Å². The standard InChI is InChI=1S/C23H16ClN3O4/c24-16-5-6-21-19(10-16)20(23(31)26-21)9-13-1-3-15(4-2-13)22(30)27-25-12-14-7-17(28)11-18(29)8-14/h1-12,28-29H,(H,26,31)(H,27,30)/b20-9+,25-12+. The average Bonchev–Trinajstić information content (AvgIpc) is 3.02. The number of fused-ring (bicyclic) bond motifs is 1. The van der Waals surface area contributed by atoms with E-state index in [-0.39, 0.29) is 17.4 Å². The molecule has 0 saturated heterocycles. The van der Waals surface area contributed by atoms with Gasteiger partial charge in [-0.05, 0) is 54.1 Å². The summed E-state index contributed by atoms with van der Waals surface area (Å²) in [6, 6.07) is 15.8. The highest BCUT2D eigenvalue weighted by molar-refractivity contribution is 6.36. The fraction of sp³-hybridized carbons (Fsp3) is 0. The van der Waals surface area contributed by atoms with E-state index in [2.05, 4.69) is 15.8 Å². The number of carbonyl (C=O) groups is 2. The van der Waals surface area contributed by atoms with Crippen molar-refractivity contribution in [3.8, 4) is 11.5 Å². The van der Waals surface area contributed by atoms with E-state index in [0.29, 0.717) is 27.4 Å². The van der Waals surface area contributed by atoms with Gasteiger partial charge in [-0.1, -0.05) is 23.7 Å². The zero-order chi connectivity index (χ0) is 22.0. The molecule has 0 aliphatic carbocycles. The average molecular weight is 434 g/mol. The molecular weight excluding hydrogens is 418 g/mol. The number of hydrogen-bond donors (Lipinski definition) is 4. The Bertz CT molecular complexity index is 1230. The van der Waals surface area contributed by atoms with Crippen molar-refractivity contribution in [1.82, 2.24) is 5.43 Å². The molecule has 154 valence electrons. The Morgan fingerprint density at radius 1 is 0.968 bits per heavy atom. The molecule has 2 amide bonds. The first kappa shape index (κ1) is 20.2.